The number of nitrogens with one attached hydrogen (secondary N) is 1. The highest BCUT2D eigenvalue weighted by molar-refractivity contribution is 7.98. The second kappa shape index (κ2) is 10.3. The van der Waals surface area contributed by atoms with Gasteiger partial charge in [0.25, 0.3) is 0 Å². The fraction of sp³-hybridized carbons (Fsp3) is 0.556. The van der Waals surface area contributed by atoms with Gasteiger partial charge in [0.2, 0.25) is 0 Å². The highest BCUT2D eigenvalue weighted by Crippen LogP contribution is 2.09. The highest BCUT2D eigenvalue weighted by Gasteiger charge is 2.26. The molecule has 0 spiro atoms. The monoisotopic (exact) mass is 365 g/mol. The number of carbonyl (C=O) groups is 2. The van der Waals surface area contributed by atoms with Crippen molar-refractivity contribution >= 4 is 23.8 Å². The van der Waals surface area contributed by atoms with Crippen molar-refractivity contribution in [1.82, 2.24) is 15.1 Å². The number of thioether (sulfide) groups is 1. The Morgan fingerprint density at radius 2 is 1.88 bits per heavy atom. The Morgan fingerprint density at radius 1 is 1.20 bits per heavy atom. The van der Waals surface area contributed by atoms with Gasteiger partial charge in [0.1, 0.15) is 6.04 Å². The molecule has 0 bridgehead atoms. The van der Waals surface area contributed by atoms with Gasteiger partial charge in [0.05, 0.1) is 7.11 Å². The quantitative estimate of drug-likeness (QED) is 0.747. The molecule has 1 aliphatic heterocycles. The fourth-order valence-corrected chi connectivity index (χ4v) is 3.29. The van der Waals surface area contributed by atoms with Crippen LogP contribution in [0.2, 0.25) is 0 Å². The van der Waals surface area contributed by atoms with Gasteiger partial charge < -0.3 is 15.0 Å². The van der Waals surface area contributed by atoms with E-state index in [0.29, 0.717) is 19.5 Å². The molecule has 2 amide bonds. The van der Waals surface area contributed by atoms with E-state index in [9.17, 15) is 9.59 Å². The van der Waals surface area contributed by atoms with Crippen LogP contribution in [0.15, 0.2) is 30.3 Å². The number of esters is 1. The van der Waals surface area contributed by atoms with E-state index in [2.05, 4.69) is 22.3 Å². The molecular formula is C18H27N3O3S. The molecule has 2 rings (SSSR count). The topological polar surface area (TPSA) is 61.9 Å². The van der Waals surface area contributed by atoms with E-state index >= 15 is 0 Å². The molecule has 1 atom stereocenters. The number of piperazine rings is 1. The van der Waals surface area contributed by atoms with Gasteiger partial charge >= 0.3 is 12.0 Å². The van der Waals surface area contributed by atoms with E-state index in [0.717, 1.165) is 25.4 Å². The fourth-order valence-electron chi connectivity index (χ4n) is 2.82. The predicted molar refractivity (Wildman–Crippen MR) is 101 cm³/mol. The molecule has 25 heavy (non-hydrogen) atoms. The van der Waals surface area contributed by atoms with E-state index in [1.807, 2.05) is 24.5 Å². The lowest BCUT2D eigenvalue weighted by Crippen LogP contribution is -2.54. The zero-order valence-corrected chi connectivity index (χ0v) is 15.8. The summed E-state index contributed by atoms with van der Waals surface area (Å²) in [5, 5.41) is 2.82. The summed E-state index contributed by atoms with van der Waals surface area (Å²) in [7, 11) is 1.35. The number of hydrogen-bond acceptors (Lipinski definition) is 5. The van der Waals surface area contributed by atoms with Crippen molar-refractivity contribution in [3.05, 3.63) is 35.9 Å². The van der Waals surface area contributed by atoms with Crippen LogP contribution in [0, 0.1) is 0 Å². The first-order valence-corrected chi connectivity index (χ1v) is 9.92. The zero-order chi connectivity index (χ0) is 18.1. The molecule has 138 valence electrons. The van der Waals surface area contributed by atoms with Crippen LogP contribution in [0.5, 0.6) is 0 Å². The number of carbonyl (C=O) groups excluding carboxylic acids is 2. The maximum atomic E-state index is 12.4. The van der Waals surface area contributed by atoms with Crippen LogP contribution >= 0.6 is 11.8 Å². The van der Waals surface area contributed by atoms with Gasteiger partial charge in [-0.1, -0.05) is 30.3 Å². The molecule has 1 heterocycles. The summed E-state index contributed by atoms with van der Waals surface area (Å²) >= 11 is 1.64. The van der Waals surface area contributed by atoms with Crippen LogP contribution < -0.4 is 5.32 Å². The van der Waals surface area contributed by atoms with Gasteiger partial charge in [0.15, 0.2) is 0 Å². The molecule has 0 aliphatic carbocycles. The number of nitrogens with zero attached hydrogens (tertiary/aromatic N) is 2. The predicted octanol–water partition coefficient (Wildman–Crippen LogP) is 1.81. The molecule has 7 heteroatoms. The van der Waals surface area contributed by atoms with Gasteiger partial charge in [-0.05, 0) is 24.0 Å². The molecule has 1 saturated heterocycles. The minimum atomic E-state index is -0.577. The summed E-state index contributed by atoms with van der Waals surface area (Å²) in [4.78, 5) is 28.4. The van der Waals surface area contributed by atoms with Gasteiger partial charge in [-0.2, -0.15) is 11.8 Å². The lowest BCUT2D eigenvalue weighted by Gasteiger charge is -2.35. The Bertz CT molecular complexity index is 548. The third-order valence-corrected chi connectivity index (χ3v) is 4.95. The third kappa shape index (κ3) is 6.25. The summed E-state index contributed by atoms with van der Waals surface area (Å²) in [5.74, 6) is 0.412. The molecule has 1 aliphatic rings. The normalized spacial score (nSPS) is 16.3. The van der Waals surface area contributed by atoms with Gasteiger partial charge in [-0.15, -0.1) is 0 Å². The average Bonchev–Trinajstić information content (AvgIpc) is 2.65. The Morgan fingerprint density at radius 3 is 2.48 bits per heavy atom. The Hall–Kier alpha value is -1.73. The molecular weight excluding hydrogens is 338 g/mol. The van der Waals surface area contributed by atoms with Crippen molar-refractivity contribution in [2.24, 2.45) is 0 Å². The highest BCUT2D eigenvalue weighted by atomic mass is 32.2. The number of ether oxygens (including phenoxy) is 1. The van der Waals surface area contributed by atoms with Crippen molar-refractivity contribution in [2.75, 3.05) is 45.3 Å². The number of urea groups is 1. The van der Waals surface area contributed by atoms with Crippen molar-refractivity contribution in [3.63, 3.8) is 0 Å². The lowest BCUT2D eigenvalue weighted by molar-refractivity contribution is -0.142. The summed E-state index contributed by atoms with van der Waals surface area (Å²) < 4.78 is 4.79. The van der Waals surface area contributed by atoms with Crippen LogP contribution in [0.3, 0.4) is 0 Å². The maximum absolute atomic E-state index is 12.4. The summed E-state index contributed by atoms with van der Waals surface area (Å²) in [6.45, 7) is 3.88. The second-order valence-corrected chi connectivity index (χ2v) is 7.04. The SMILES string of the molecule is COC(=O)[C@@H](CCSC)NC(=O)N1CCN(Cc2ccccc2)CC1. The second-order valence-electron chi connectivity index (χ2n) is 6.06. The molecule has 0 radical (unpaired) electrons. The number of hydrogen-bond donors (Lipinski definition) is 1. The Balaban J connectivity index is 1.80. The zero-order valence-electron chi connectivity index (χ0n) is 14.9. The lowest BCUT2D eigenvalue weighted by atomic mass is 10.2. The minimum Gasteiger partial charge on any atom is -0.467 e. The van der Waals surface area contributed by atoms with Gasteiger partial charge in [-0.3, -0.25) is 4.90 Å². The number of amides is 2. The molecule has 1 aromatic carbocycles. The summed E-state index contributed by atoms with van der Waals surface area (Å²) in [6, 6.07) is 9.57. The van der Waals surface area contributed by atoms with Crippen molar-refractivity contribution in [1.29, 1.82) is 0 Å². The number of benzene rings is 1. The van der Waals surface area contributed by atoms with Crippen LogP contribution in [0.4, 0.5) is 4.79 Å². The number of rotatable bonds is 7. The number of methoxy groups -OCH3 is 1. The minimum absolute atomic E-state index is 0.184. The molecule has 0 saturated carbocycles. The van der Waals surface area contributed by atoms with Crippen molar-refractivity contribution in [3.8, 4) is 0 Å². The first kappa shape index (κ1) is 19.6. The standard InChI is InChI=1S/C18H27N3O3S/c1-24-17(22)16(8-13-25-2)19-18(23)21-11-9-20(10-12-21)14-15-6-4-3-5-7-15/h3-7,16H,8-14H2,1-2H3,(H,19,23)/t16-/m1/s1. The van der Waals surface area contributed by atoms with E-state index in [-0.39, 0.29) is 12.0 Å². The van der Waals surface area contributed by atoms with Crippen LogP contribution in [-0.2, 0) is 16.1 Å². The van der Waals surface area contributed by atoms with E-state index < -0.39 is 6.04 Å². The van der Waals surface area contributed by atoms with E-state index in [1.165, 1.54) is 12.7 Å². The first-order chi connectivity index (χ1) is 12.1. The van der Waals surface area contributed by atoms with Crippen molar-refractivity contribution in [2.45, 2.75) is 19.0 Å². The average molecular weight is 365 g/mol. The summed E-state index contributed by atoms with van der Waals surface area (Å²) in [6.07, 6.45) is 2.55. The molecule has 1 fully saturated rings. The smallest absolute Gasteiger partial charge is 0.328 e. The van der Waals surface area contributed by atoms with E-state index in [4.69, 9.17) is 4.74 Å². The summed E-state index contributed by atoms with van der Waals surface area (Å²) in [5.41, 5.74) is 1.28. The molecule has 1 N–H and O–H groups in total. The maximum Gasteiger partial charge on any atom is 0.328 e. The Labute approximate surface area is 153 Å². The van der Waals surface area contributed by atoms with Crippen LogP contribution in [-0.4, -0.2) is 73.1 Å². The van der Waals surface area contributed by atoms with Gasteiger partial charge in [-0.25, -0.2) is 9.59 Å². The molecule has 0 aromatic heterocycles. The van der Waals surface area contributed by atoms with E-state index in [1.54, 1.807) is 16.7 Å². The third-order valence-electron chi connectivity index (χ3n) is 4.30. The molecule has 0 unspecified atom stereocenters. The Kier molecular flexibility index (Phi) is 8.08. The first-order valence-electron chi connectivity index (χ1n) is 8.52. The van der Waals surface area contributed by atoms with Crippen LogP contribution in [0.25, 0.3) is 0 Å². The van der Waals surface area contributed by atoms with Crippen molar-refractivity contribution < 1.29 is 14.3 Å². The van der Waals surface area contributed by atoms with Crippen LogP contribution in [0.1, 0.15) is 12.0 Å². The molecule has 6 nitrogen and oxygen atoms in total. The van der Waals surface area contributed by atoms with Gasteiger partial charge in [0, 0.05) is 32.7 Å². The molecule has 1 aromatic rings. The largest absolute Gasteiger partial charge is 0.467 e.